The van der Waals surface area contributed by atoms with Gasteiger partial charge < -0.3 is 24.8 Å². The molecule has 0 spiro atoms. The van der Waals surface area contributed by atoms with Gasteiger partial charge in [-0.1, -0.05) is 18.2 Å². The predicted molar refractivity (Wildman–Crippen MR) is 101 cm³/mol. The summed E-state index contributed by atoms with van der Waals surface area (Å²) in [4.78, 5) is 23.2. The average molecular weight is 366 g/mol. The standard InChI is InChI=1S/C20H18N2O5/c1-25-19(23)15-6-8-16(9-7-15)22-20(24)21-11-3-2-4-14-5-10-17-18(12-14)27-13-26-17/h2-12H,13H2,1H3,(H2,21,22,24)/b4-2+,11-3+. The molecule has 0 fully saturated rings. The number of amides is 2. The van der Waals surface area contributed by atoms with E-state index in [0.29, 0.717) is 11.3 Å². The van der Waals surface area contributed by atoms with Crippen LogP contribution in [0.2, 0.25) is 0 Å². The molecule has 0 unspecified atom stereocenters. The van der Waals surface area contributed by atoms with Crippen molar-refractivity contribution in [3.63, 3.8) is 0 Å². The van der Waals surface area contributed by atoms with Crippen molar-refractivity contribution in [3.8, 4) is 11.5 Å². The van der Waals surface area contributed by atoms with Crippen LogP contribution < -0.4 is 20.1 Å². The molecule has 7 nitrogen and oxygen atoms in total. The molecule has 27 heavy (non-hydrogen) atoms. The van der Waals surface area contributed by atoms with Gasteiger partial charge in [0, 0.05) is 11.9 Å². The topological polar surface area (TPSA) is 85.9 Å². The zero-order valence-electron chi connectivity index (χ0n) is 14.6. The number of benzene rings is 2. The van der Waals surface area contributed by atoms with Crippen LogP contribution in [0.1, 0.15) is 15.9 Å². The monoisotopic (exact) mass is 366 g/mol. The Labute approximate surface area is 156 Å². The highest BCUT2D eigenvalue weighted by Gasteiger charge is 2.12. The third-order valence-corrected chi connectivity index (χ3v) is 3.67. The molecule has 2 N–H and O–H groups in total. The normalized spacial score (nSPS) is 12.3. The lowest BCUT2D eigenvalue weighted by Crippen LogP contribution is -2.23. The summed E-state index contributed by atoms with van der Waals surface area (Å²) in [6.45, 7) is 0.243. The van der Waals surface area contributed by atoms with Crippen LogP contribution in [0.15, 0.2) is 60.8 Å². The Kier molecular flexibility index (Phi) is 5.73. The Balaban J connectivity index is 1.46. The van der Waals surface area contributed by atoms with Crippen LogP contribution in [-0.2, 0) is 4.74 Å². The van der Waals surface area contributed by atoms with Crippen LogP contribution in [-0.4, -0.2) is 25.9 Å². The summed E-state index contributed by atoms with van der Waals surface area (Å²) in [7, 11) is 1.31. The molecule has 0 aliphatic carbocycles. The summed E-state index contributed by atoms with van der Waals surface area (Å²) in [6, 6.07) is 11.6. The van der Waals surface area contributed by atoms with Crippen LogP contribution >= 0.6 is 0 Å². The van der Waals surface area contributed by atoms with Crippen LogP contribution in [0.3, 0.4) is 0 Å². The Hall–Kier alpha value is -3.74. The Morgan fingerprint density at radius 1 is 1.04 bits per heavy atom. The van der Waals surface area contributed by atoms with Gasteiger partial charge in [-0.05, 0) is 48.0 Å². The molecule has 0 saturated heterocycles. The Morgan fingerprint density at radius 2 is 1.81 bits per heavy atom. The molecule has 3 rings (SSSR count). The maximum atomic E-state index is 11.8. The largest absolute Gasteiger partial charge is 0.465 e. The van der Waals surface area contributed by atoms with E-state index in [-0.39, 0.29) is 6.79 Å². The number of fused-ring (bicyclic) bond motifs is 1. The molecule has 1 aliphatic rings. The van der Waals surface area contributed by atoms with E-state index in [1.807, 2.05) is 24.3 Å². The van der Waals surface area contributed by atoms with E-state index in [4.69, 9.17) is 9.47 Å². The maximum Gasteiger partial charge on any atom is 0.337 e. The minimum absolute atomic E-state index is 0.243. The molecule has 2 aromatic rings. The number of ether oxygens (including phenoxy) is 3. The molecule has 2 aromatic carbocycles. The quantitative estimate of drug-likeness (QED) is 0.624. The summed E-state index contributed by atoms with van der Waals surface area (Å²) in [5.41, 5.74) is 1.93. The van der Waals surface area contributed by atoms with Gasteiger partial charge in [-0.2, -0.15) is 0 Å². The second-order valence-electron chi connectivity index (χ2n) is 5.50. The average Bonchev–Trinajstić information content (AvgIpc) is 3.15. The number of allylic oxidation sites excluding steroid dienone is 2. The van der Waals surface area contributed by atoms with E-state index in [9.17, 15) is 9.59 Å². The highest BCUT2D eigenvalue weighted by Crippen LogP contribution is 2.32. The van der Waals surface area contributed by atoms with Gasteiger partial charge >= 0.3 is 12.0 Å². The summed E-state index contributed by atoms with van der Waals surface area (Å²) in [5.74, 6) is 1.03. The first-order valence-corrected chi connectivity index (χ1v) is 8.14. The van der Waals surface area contributed by atoms with E-state index >= 15 is 0 Å². The number of rotatable bonds is 5. The predicted octanol–water partition coefficient (Wildman–Crippen LogP) is 3.55. The van der Waals surface area contributed by atoms with Gasteiger partial charge in [0.25, 0.3) is 0 Å². The summed E-state index contributed by atoms with van der Waals surface area (Å²) in [5, 5.41) is 5.24. The van der Waals surface area contributed by atoms with Crippen LogP contribution in [0.4, 0.5) is 10.5 Å². The molecule has 7 heteroatoms. The molecule has 0 aromatic heterocycles. The van der Waals surface area contributed by atoms with Gasteiger partial charge in [0.15, 0.2) is 11.5 Å². The summed E-state index contributed by atoms with van der Waals surface area (Å²) < 4.78 is 15.2. The zero-order chi connectivity index (χ0) is 19.1. The first-order valence-electron chi connectivity index (χ1n) is 8.14. The molecule has 0 radical (unpaired) electrons. The van der Waals surface area contributed by atoms with E-state index in [0.717, 1.165) is 17.1 Å². The molecule has 1 aliphatic heterocycles. The van der Waals surface area contributed by atoms with Gasteiger partial charge in [-0.15, -0.1) is 0 Å². The third kappa shape index (κ3) is 4.88. The van der Waals surface area contributed by atoms with E-state index < -0.39 is 12.0 Å². The smallest absolute Gasteiger partial charge is 0.337 e. The number of methoxy groups -OCH3 is 1. The Bertz CT molecular complexity index is 888. The van der Waals surface area contributed by atoms with Crippen molar-refractivity contribution in [2.75, 3.05) is 19.2 Å². The molecule has 0 bridgehead atoms. The number of esters is 1. The fourth-order valence-electron chi connectivity index (χ4n) is 2.34. The number of carbonyl (C=O) groups is 2. The van der Waals surface area contributed by atoms with Crippen LogP contribution in [0.25, 0.3) is 6.08 Å². The summed E-state index contributed by atoms with van der Waals surface area (Å²) >= 11 is 0. The first kappa shape index (κ1) is 18.1. The number of urea groups is 1. The highest BCUT2D eigenvalue weighted by molar-refractivity contribution is 5.92. The van der Waals surface area contributed by atoms with Crippen molar-refractivity contribution >= 4 is 23.8 Å². The van der Waals surface area contributed by atoms with Gasteiger partial charge in [0.2, 0.25) is 6.79 Å². The SMILES string of the molecule is COC(=O)c1ccc(NC(=O)N/C=C/C=C/c2ccc3c(c2)OCO3)cc1. The lowest BCUT2D eigenvalue weighted by atomic mass is 10.2. The second-order valence-corrected chi connectivity index (χ2v) is 5.50. The zero-order valence-corrected chi connectivity index (χ0v) is 14.6. The van der Waals surface area contributed by atoms with E-state index in [2.05, 4.69) is 15.4 Å². The lowest BCUT2D eigenvalue weighted by Gasteiger charge is -2.05. The molecule has 1 heterocycles. The van der Waals surface area contributed by atoms with Crippen LogP contribution in [0.5, 0.6) is 11.5 Å². The minimum atomic E-state index is -0.428. The number of hydrogen-bond acceptors (Lipinski definition) is 5. The number of hydrogen-bond donors (Lipinski definition) is 2. The van der Waals surface area contributed by atoms with Gasteiger partial charge in [-0.3, -0.25) is 0 Å². The maximum absolute atomic E-state index is 11.8. The molecule has 0 saturated carbocycles. The molecule has 0 atom stereocenters. The van der Waals surface area contributed by atoms with Crippen molar-refractivity contribution in [1.82, 2.24) is 5.32 Å². The lowest BCUT2D eigenvalue weighted by molar-refractivity contribution is 0.0600. The molecule has 138 valence electrons. The van der Waals surface area contributed by atoms with Crippen LogP contribution in [0, 0.1) is 0 Å². The number of carbonyl (C=O) groups excluding carboxylic acids is 2. The minimum Gasteiger partial charge on any atom is -0.465 e. The first-order chi connectivity index (χ1) is 13.2. The van der Waals surface area contributed by atoms with Crippen molar-refractivity contribution in [1.29, 1.82) is 0 Å². The second kappa shape index (κ2) is 8.57. The van der Waals surface area contributed by atoms with Crippen molar-refractivity contribution < 1.29 is 23.8 Å². The van der Waals surface area contributed by atoms with Crippen molar-refractivity contribution in [2.45, 2.75) is 0 Å². The molecule has 2 amide bonds. The summed E-state index contributed by atoms with van der Waals surface area (Å²) in [6.07, 6.45) is 6.89. The Morgan fingerprint density at radius 3 is 2.59 bits per heavy atom. The molecular weight excluding hydrogens is 348 g/mol. The number of nitrogens with one attached hydrogen (secondary N) is 2. The third-order valence-electron chi connectivity index (χ3n) is 3.67. The fourth-order valence-corrected chi connectivity index (χ4v) is 2.34. The van der Waals surface area contributed by atoms with Crippen molar-refractivity contribution in [2.24, 2.45) is 0 Å². The van der Waals surface area contributed by atoms with Gasteiger partial charge in [0.05, 0.1) is 12.7 Å². The van der Waals surface area contributed by atoms with Crippen molar-refractivity contribution in [3.05, 3.63) is 71.9 Å². The fraction of sp³-hybridized carbons (Fsp3) is 0.100. The van der Waals surface area contributed by atoms with Gasteiger partial charge in [-0.25, -0.2) is 9.59 Å². The van der Waals surface area contributed by atoms with E-state index in [1.165, 1.54) is 13.3 Å². The molecular formula is C20H18N2O5. The van der Waals surface area contributed by atoms with Gasteiger partial charge in [0.1, 0.15) is 0 Å². The van der Waals surface area contributed by atoms with E-state index in [1.54, 1.807) is 36.4 Å². The number of anilines is 1. The highest BCUT2D eigenvalue weighted by atomic mass is 16.7.